The summed E-state index contributed by atoms with van der Waals surface area (Å²) in [6.07, 6.45) is 3.92. The highest BCUT2D eigenvalue weighted by atomic mass is 79.9. The van der Waals surface area contributed by atoms with Crippen LogP contribution in [0.3, 0.4) is 0 Å². The largest absolute Gasteiger partial charge is 0.0928 e. The van der Waals surface area contributed by atoms with Gasteiger partial charge in [-0.25, -0.2) is 0 Å². The summed E-state index contributed by atoms with van der Waals surface area (Å²) < 4.78 is 0. The minimum absolute atomic E-state index is 0.814. The fourth-order valence-electron chi connectivity index (χ4n) is 2.24. The zero-order chi connectivity index (χ0) is 9.26. The maximum Gasteiger partial charge on any atom is 0.00371 e. The molecule has 0 aliphatic heterocycles. The zero-order valence-corrected chi connectivity index (χ0v) is 9.60. The molecule has 13 heavy (non-hydrogen) atoms. The Morgan fingerprint density at radius 3 is 3.08 bits per heavy atom. The lowest BCUT2D eigenvalue weighted by Gasteiger charge is -2.09. The van der Waals surface area contributed by atoms with Crippen LogP contribution in [0.15, 0.2) is 18.2 Å². The lowest BCUT2D eigenvalue weighted by molar-refractivity contribution is 0.663. The van der Waals surface area contributed by atoms with E-state index >= 15 is 0 Å². The van der Waals surface area contributed by atoms with E-state index in [0.717, 1.165) is 11.2 Å². The monoisotopic (exact) mass is 238 g/mol. The standard InChI is InChI=1S/C12H15Br/c1-9-2-3-10-4-5-11(6-7-13)12(10)8-9/h2-3,8,11H,4-7H2,1H3. The molecule has 2 rings (SSSR count). The molecule has 0 N–H and O–H groups in total. The van der Waals surface area contributed by atoms with E-state index in [1.807, 2.05) is 0 Å². The number of hydrogen-bond acceptors (Lipinski definition) is 0. The molecule has 0 aromatic heterocycles. The lowest BCUT2D eigenvalue weighted by Crippen LogP contribution is -1.94. The molecule has 1 heteroatoms. The second kappa shape index (κ2) is 3.83. The summed E-state index contributed by atoms with van der Waals surface area (Å²) >= 11 is 3.53. The summed E-state index contributed by atoms with van der Waals surface area (Å²) in [6.45, 7) is 2.18. The van der Waals surface area contributed by atoms with Crippen molar-refractivity contribution in [3.05, 3.63) is 34.9 Å². The van der Waals surface area contributed by atoms with Crippen molar-refractivity contribution >= 4 is 15.9 Å². The first kappa shape index (κ1) is 9.26. The molecule has 1 aromatic carbocycles. The van der Waals surface area contributed by atoms with E-state index in [2.05, 4.69) is 41.1 Å². The van der Waals surface area contributed by atoms with Crippen molar-refractivity contribution in [1.82, 2.24) is 0 Å². The molecular formula is C12H15Br. The SMILES string of the molecule is Cc1ccc2c(c1)C(CCBr)CC2. The van der Waals surface area contributed by atoms with Gasteiger partial charge in [0.05, 0.1) is 0 Å². The molecule has 0 amide bonds. The normalized spacial score (nSPS) is 20.3. The summed E-state index contributed by atoms with van der Waals surface area (Å²) in [4.78, 5) is 0. The Hall–Kier alpha value is -0.300. The smallest absolute Gasteiger partial charge is 0.00371 e. The van der Waals surface area contributed by atoms with E-state index in [0.29, 0.717) is 0 Å². The highest BCUT2D eigenvalue weighted by molar-refractivity contribution is 9.09. The third-order valence-electron chi connectivity index (χ3n) is 2.96. The first-order valence-electron chi connectivity index (χ1n) is 4.96. The maximum absolute atomic E-state index is 3.53. The van der Waals surface area contributed by atoms with Gasteiger partial charge in [0.15, 0.2) is 0 Å². The van der Waals surface area contributed by atoms with Crippen LogP contribution in [0, 0.1) is 6.92 Å². The van der Waals surface area contributed by atoms with Gasteiger partial charge in [0.25, 0.3) is 0 Å². The Bertz CT molecular complexity index is 302. The molecule has 0 bridgehead atoms. The molecule has 0 saturated carbocycles. The number of aryl methyl sites for hydroxylation is 2. The molecule has 0 spiro atoms. The first-order valence-corrected chi connectivity index (χ1v) is 6.09. The van der Waals surface area contributed by atoms with E-state index in [1.54, 1.807) is 11.1 Å². The van der Waals surface area contributed by atoms with Gasteiger partial charge in [-0.05, 0) is 43.2 Å². The van der Waals surface area contributed by atoms with Crippen LogP contribution in [0.1, 0.15) is 35.4 Å². The topological polar surface area (TPSA) is 0 Å². The molecule has 0 radical (unpaired) electrons. The van der Waals surface area contributed by atoms with Gasteiger partial charge in [-0.1, -0.05) is 39.7 Å². The summed E-state index contributed by atoms with van der Waals surface area (Å²) in [5, 5.41) is 1.13. The van der Waals surface area contributed by atoms with Crippen molar-refractivity contribution in [1.29, 1.82) is 0 Å². The third kappa shape index (κ3) is 1.80. The van der Waals surface area contributed by atoms with E-state index in [9.17, 15) is 0 Å². The quantitative estimate of drug-likeness (QED) is 0.688. The van der Waals surface area contributed by atoms with Crippen molar-refractivity contribution < 1.29 is 0 Å². The number of fused-ring (bicyclic) bond motifs is 1. The van der Waals surface area contributed by atoms with Crippen molar-refractivity contribution in [3.63, 3.8) is 0 Å². The number of hydrogen-bond donors (Lipinski definition) is 0. The van der Waals surface area contributed by atoms with Crippen molar-refractivity contribution in [2.45, 2.75) is 32.1 Å². The van der Waals surface area contributed by atoms with Crippen LogP contribution < -0.4 is 0 Å². The summed E-state index contributed by atoms with van der Waals surface area (Å²) in [5.41, 5.74) is 4.59. The Labute approximate surface area is 88.5 Å². The van der Waals surface area contributed by atoms with Crippen molar-refractivity contribution in [2.75, 3.05) is 5.33 Å². The van der Waals surface area contributed by atoms with Gasteiger partial charge in [-0.15, -0.1) is 0 Å². The molecule has 1 atom stereocenters. The molecule has 1 aliphatic carbocycles. The summed E-state index contributed by atoms with van der Waals surface area (Å²) in [7, 11) is 0. The Morgan fingerprint density at radius 2 is 2.31 bits per heavy atom. The van der Waals surface area contributed by atoms with Crippen LogP contribution in [0.2, 0.25) is 0 Å². The van der Waals surface area contributed by atoms with Crippen molar-refractivity contribution in [3.8, 4) is 0 Å². The fraction of sp³-hybridized carbons (Fsp3) is 0.500. The third-order valence-corrected chi connectivity index (χ3v) is 3.42. The molecule has 0 saturated heterocycles. The molecule has 0 heterocycles. The second-order valence-corrected chi connectivity index (χ2v) is 4.71. The van der Waals surface area contributed by atoms with E-state index in [1.165, 1.54) is 24.8 Å². The van der Waals surface area contributed by atoms with Crippen LogP contribution in [-0.4, -0.2) is 5.33 Å². The van der Waals surface area contributed by atoms with Crippen LogP contribution in [0.5, 0.6) is 0 Å². The average molecular weight is 239 g/mol. The maximum atomic E-state index is 3.53. The van der Waals surface area contributed by atoms with Crippen LogP contribution in [-0.2, 0) is 6.42 Å². The predicted octanol–water partition coefficient (Wildman–Crippen LogP) is 3.81. The van der Waals surface area contributed by atoms with Crippen molar-refractivity contribution in [2.24, 2.45) is 0 Å². The second-order valence-electron chi connectivity index (χ2n) is 3.92. The summed E-state index contributed by atoms with van der Waals surface area (Å²) in [5.74, 6) is 0.814. The predicted molar refractivity (Wildman–Crippen MR) is 60.7 cm³/mol. The molecule has 0 nitrogen and oxygen atoms in total. The minimum atomic E-state index is 0.814. The van der Waals surface area contributed by atoms with Gasteiger partial charge < -0.3 is 0 Å². The number of benzene rings is 1. The Balaban J connectivity index is 2.29. The average Bonchev–Trinajstić information content (AvgIpc) is 2.49. The molecule has 1 unspecified atom stereocenters. The van der Waals surface area contributed by atoms with Gasteiger partial charge in [0, 0.05) is 5.33 Å². The fourth-order valence-corrected chi connectivity index (χ4v) is 2.79. The molecule has 70 valence electrons. The number of halogens is 1. The molecular weight excluding hydrogens is 224 g/mol. The molecule has 0 fully saturated rings. The number of alkyl halides is 1. The number of rotatable bonds is 2. The van der Waals surface area contributed by atoms with E-state index in [4.69, 9.17) is 0 Å². The Morgan fingerprint density at radius 1 is 1.46 bits per heavy atom. The van der Waals surface area contributed by atoms with E-state index < -0.39 is 0 Å². The van der Waals surface area contributed by atoms with Crippen LogP contribution in [0.4, 0.5) is 0 Å². The van der Waals surface area contributed by atoms with Gasteiger partial charge in [-0.3, -0.25) is 0 Å². The first-order chi connectivity index (χ1) is 6.31. The highest BCUT2D eigenvalue weighted by Crippen LogP contribution is 2.36. The minimum Gasteiger partial charge on any atom is -0.0928 e. The molecule has 1 aromatic rings. The lowest BCUT2D eigenvalue weighted by atomic mass is 9.97. The zero-order valence-electron chi connectivity index (χ0n) is 8.02. The van der Waals surface area contributed by atoms with Crippen LogP contribution in [0.25, 0.3) is 0 Å². The summed E-state index contributed by atoms with van der Waals surface area (Å²) in [6, 6.07) is 6.91. The van der Waals surface area contributed by atoms with Gasteiger partial charge >= 0.3 is 0 Å². The van der Waals surface area contributed by atoms with E-state index in [-0.39, 0.29) is 0 Å². The van der Waals surface area contributed by atoms with Gasteiger partial charge in [-0.2, -0.15) is 0 Å². The van der Waals surface area contributed by atoms with Gasteiger partial charge in [0.1, 0.15) is 0 Å². The molecule has 1 aliphatic rings. The Kier molecular flexibility index (Phi) is 2.73. The van der Waals surface area contributed by atoms with Gasteiger partial charge in [0.2, 0.25) is 0 Å². The highest BCUT2D eigenvalue weighted by Gasteiger charge is 2.21. The van der Waals surface area contributed by atoms with Crippen LogP contribution >= 0.6 is 15.9 Å².